The Labute approximate surface area is 147 Å². The fraction of sp³-hybridized carbons (Fsp3) is 0.300. The molecule has 1 aromatic carbocycles. The Morgan fingerprint density at radius 2 is 1.88 bits per heavy atom. The molecule has 3 aromatic rings. The predicted octanol–water partition coefficient (Wildman–Crippen LogP) is 1.000. The summed E-state index contributed by atoms with van der Waals surface area (Å²) in [4.78, 5) is 17.2. The number of quaternary nitrogens is 1. The van der Waals surface area contributed by atoms with E-state index in [0.717, 1.165) is 12.1 Å². The maximum absolute atomic E-state index is 11.6. The maximum atomic E-state index is 11.6. The number of aromatic carboxylic acids is 1. The summed E-state index contributed by atoms with van der Waals surface area (Å²) >= 11 is 0. The second kappa shape index (κ2) is 7.07. The lowest BCUT2D eigenvalue weighted by Crippen LogP contribution is -3.12. The van der Waals surface area contributed by atoms with Crippen molar-refractivity contribution in [3.63, 3.8) is 0 Å². The van der Waals surface area contributed by atoms with Gasteiger partial charge in [-0.2, -0.15) is 0 Å². The van der Waals surface area contributed by atoms with E-state index in [4.69, 9.17) is 0 Å². The van der Waals surface area contributed by atoms with Gasteiger partial charge < -0.3 is 14.8 Å². The van der Waals surface area contributed by atoms with Gasteiger partial charge in [-0.25, -0.2) is 4.98 Å². The minimum absolute atomic E-state index is 0.0421. The number of aromatic nitrogens is 2. The first-order chi connectivity index (χ1) is 12.0. The van der Waals surface area contributed by atoms with Crippen LogP contribution in [0.4, 0.5) is 0 Å². The number of carboxylic acids is 1. The summed E-state index contributed by atoms with van der Waals surface area (Å²) in [7, 11) is 0. The van der Waals surface area contributed by atoms with Crippen molar-refractivity contribution < 1.29 is 14.8 Å². The molecule has 0 aliphatic heterocycles. The van der Waals surface area contributed by atoms with Crippen LogP contribution < -0.4 is 10.0 Å². The third kappa shape index (κ3) is 3.56. The van der Waals surface area contributed by atoms with Crippen LogP contribution in [0, 0.1) is 6.92 Å². The number of pyridine rings is 1. The summed E-state index contributed by atoms with van der Waals surface area (Å²) in [6, 6.07) is 14.4. The zero-order valence-electron chi connectivity index (χ0n) is 14.8. The number of benzene rings is 1. The van der Waals surface area contributed by atoms with Crippen LogP contribution in [-0.4, -0.2) is 21.4 Å². The van der Waals surface area contributed by atoms with E-state index in [1.807, 2.05) is 47.9 Å². The number of carboxylic acid groups (broad SMARTS) is 1. The Hall–Kier alpha value is -2.66. The van der Waals surface area contributed by atoms with Crippen LogP contribution in [0.1, 0.15) is 41.2 Å². The van der Waals surface area contributed by atoms with Crippen LogP contribution in [0.15, 0.2) is 48.7 Å². The highest BCUT2D eigenvalue weighted by molar-refractivity contribution is 5.86. The van der Waals surface area contributed by atoms with Gasteiger partial charge in [0.15, 0.2) is 0 Å². The fourth-order valence-electron chi connectivity index (χ4n) is 3.13. The molecule has 130 valence electrons. The number of imidazole rings is 1. The highest BCUT2D eigenvalue weighted by Gasteiger charge is 2.22. The zero-order valence-corrected chi connectivity index (χ0v) is 14.8. The molecule has 5 heteroatoms. The molecule has 2 heterocycles. The number of aryl methyl sites for hydroxylation is 1. The van der Waals surface area contributed by atoms with Crippen LogP contribution in [0.25, 0.3) is 5.65 Å². The summed E-state index contributed by atoms with van der Waals surface area (Å²) in [6.45, 7) is 7.61. The normalized spacial score (nSPS) is 12.6. The van der Waals surface area contributed by atoms with Crippen molar-refractivity contribution >= 4 is 11.6 Å². The van der Waals surface area contributed by atoms with Gasteiger partial charge in [0.1, 0.15) is 30.1 Å². The first-order valence-corrected chi connectivity index (χ1v) is 8.53. The van der Waals surface area contributed by atoms with Crippen molar-refractivity contribution in [2.75, 3.05) is 0 Å². The van der Waals surface area contributed by atoms with Gasteiger partial charge in [-0.15, -0.1) is 0 Å². The monoisotopic (exact) mass is 337 g/mol. The van der Waals surface area contributed by atoms with Crippen LogP contribution in [0.5, 0.6) is 0 Å². The summed E-state index contributed by atoms with van der Waals surface area (Å²) in [5.74, 6) is -1.22. The van der Waals surface area contributed by atoms with Gasteiger partial charge in [-0.05, 0) is 32.4 Å². The van der Waals surface area contributed by atoms with Crippen molar-refractivity contribution in [3.05, 3.63) is 71.2 Å². The summed E-state index contributed by atoms with van der Waals surface area (Å²) in [5, 5.41) is 11.6. The number of nitrogens with zero attached hydrogens (tertiary/aromatic N) is 2. The Bertz CT molecular complexity index is 885. The van der Waals surface area contributed by atoms with Crippen LogP contribution in [0.2, 0.25) is 0 Å². The van der Waals surface area contributed by atoms with Gasteiger partial charge in [0.2, 0.25) is 0 Å². The Morgan fingerprint density at radius 3 is 2.52 bits per heavy atom. The SMILES string of the molecule is Cc1cccn2c(C[NH+](Cc3ccccc3)C(C)C)c(C(=O)[O-])nc12. The minimum Gasteiger partial charge on any atom is -0.543 e. The van der Waals surface area contributed by atoms with Gasteiger partial charge in [-0.3, -0.25) is 4.40 Å². The molecule has 3 rings (SSSR count). The topological polar surface area (TPSA) is 61.9 Å². The van der Waals surface area contributed by atoms with E-state index < -0.39 is 5.97 Å². The second-order valence-corrected chi connectivity index (χ2v) is 6.73. The molecule has 25 heavy (non-hydrogen) atoms. The van der Waals surface area contributed by atoms with Crippen molar-refractivity contribution in [1.82, 2.24) is 9.38 Å². The van der Waals surface area contributed by atoms with E-state index in [1.165, 1.54) is 10.5 Å². The van der Waals surface area contributed by atoms with Crippen molar-refractivity contribution in [1.29, 1.82) is 0 Å². The number of carbonyl (C=O) groups is 1. The Kier molecular flexibility index (Phi) is 4.86. The number of nitrogens with one attached hydrogen (secondary N) is 1. The minimum atomic E-state index is -1.22. The lowest BCUT2D eigenvalue weighted by Gasteiger charge is -2.24. The summed E-state index contributed by atoms with van der Waals surface area (Å²) < 4.78 is 1.88. The highest BCUT2D eigenvalue weighted by atomic mass is 16.4. The van der Waals surface area contributed by atoms with Crippen LogP contribution in [-0.2, 0) is 13.1 Å². The van der Waals surface area contributed by atoms with Gasteiger partial charge in [0, 0.05) is 11.8 Å². The highest BCUT2D eigenvalue weighted by Crippen LogP contribution is 2.15. The molecule has 0 saturated carbocycles. The largest absolute Gasteiger partial charge is 0.543 e. The third-order valence-corrected chi connectivity index (χ3v) is 4.62. The molecule has 5 nitrogen and oxygen atoms in total. The number of rotatable bonds is 6. The van der Waals surface area contributed by atoms with E-state index in [0.29, 0.717) is 23.9 Å². The molecule has 0 saturated heterocycles. The average Bonchev–Trinajstić information content (AvgIpc) is 2.95. The average molecular weight is 337 g/mol. The van der Waals surface area contributed by atoms with Crippen LogP contribution in [0.3, 0.4) is 0 Å². The zero-order chi connectivity index (χ0) is 18.0. The molecule has 0 aliphatic carbocycles. The number of carbonyl (C=O) groups excluding carboxylic acids is 1. The molecular weight excluding hydrogens is 314 g/mol. The Balaban J connectivity index is 2.00. The second-order valence-electron chi connectivity index (χ2n) is 6.73. The molecule has 1 atom stereocenters. The number of hydrogen-bond donors (Lipinski definition) is 1. The van der Waals surface area contributed by atoms with E-state index in [-0.39, 0.29) is 5.69 Å². The first kappa shape index (κ1) is 17.2. The van der Waals surface area contributed by atoms with Crippen molar-refractivity contribution in [2.24, 2.45) is 0 Å². The quantitative estimate of drug-likeness (QED) is 0.730. The lowest BCUT2D eigenvalue weighted by atomic mass is 10.1. The standard InChI is InChI=1S/C20H23N3O2/c1-14(2)22(12-16-9-5-4-6-10-16)13-17-18(20(24)25)21-19-15(3)8-7-11-23(17)19/h4-11,14H,12-13H2,1-3H3,(H,24,25). The molecule has 2 aromatic heterocycles. The number of fused-ring (bicyclic) bond motifs is 1. The van der Waals surface area contributed by atoms with Gasteiger partial charge in [-0.1, -0.05) is 36.4 Å². The molecular formula is C20H23N3O2. The van der Waals surface area contributed by atoms with E-state index >= 15 is 0 Å². The van der Waals surface area contributed by atoms with E-state index in [1.54, 1.807) is 0 Å². The molecule has 0 fully saturated rings. The molecule has 0 bridgehead atoms. The van der Waals surface area contributed by atoms with Gasteiger partial charge >= 0.3 is 0 Å². The van der Waals surface area contributed by atoms with E-state index in [9.17, 15) is 9.90 Å². The van der Waals surface area contributed by atoms with Gasteiger partial charge in [0.05, 0.1) is 12.0 Å². The van der Waals surface area contributed by atoms with Crippen molar-refractivity contribution in [3.8, 4) is 0 Å². The van der Waals surface area contributed by atoms with Crippen molar-refractivity contribution in [2.45, 2.75) is 39.9 Å². The molecule has 0 radical (unpaired) electrons. The first-order valence-electron chi connectivity index (χ1n) is 8.53. The predicted molar refractivity (Wildman–Crippen MR) is 94.2 cm³/mol. The summed E-state index contributed by atoms with van der Waals surface area (Å²) in [6.07, 6.45) is 1.87. The molecule has 1 N–H and O–H groups in total. The molecule has 1 unspecified atom stereocenters. The molecule has 0 amide bonds. The molecule has 0 spiro atoms. The Morgan fingerprint density at radius 1 is 1.16 bits per heavy atom. The smallest absolute Gasteiger partial charge is 0.140 e. The fourth-order valence-corrected chi connectivity index (χ4v) is 3.13. The van der Waals surface area contributed by atoms with E-state index in [2.05, 4.69) is 31.0 Å². The maximum Gasteiger partial charge on any atom is 0.140 e. The summed E-state index contributed by atoms with van der Waals surface area (Å²) in [5.41, 5.74) is 3.59. The van der Waals surface area contributed by atoms with Crippen LogP contribution >= 0.6 is 0 Å². The van der Waals surface area contributed by atoms with Gasteiger partial charge in [0.25, 0.3) is 0 Å². The molecule has 0 aliphatic rings. The third-order valence-electron chi connectivity index (χ3n) is 4.62. The lowest BCUT2D eigenvalue weighted by molar-refractivity contribution is -0.948. The number of hydrogen-bond acceptors (Lipinski definition) is 3.